The average molecular weight is 456 g/mol. The van der Waals surface area contributed by atoms with Gasteiger partial charge in [0.05, 0.1) is 6.42 Å². The second-order valence-corrected chi connectivity index (χ2v) is 8.45. The number of nitrogens with one attached hydrogen (secondary N) is 1. The third-order valence-electron chi connectivity index (χ3n) is 5.92. The van der Waals surface area contributed by atoms with Crippen molar-refractivity contribution in [3.8, 4) is 11.4 Å². The minimum absolute atomic E-state index is 0.0109. The molecule has 1 atom stereocenters. The molecule has 1 amide bonds. The molecule has 0 bridgehead atoms. The summed E-state index contributed by atoms with van der Waals surface area (Å²) in [7, 11) is 0. The summed E-state index contributed by atoms with van der Waals surface area (Å²) in [5.41, 5.74) is 2.83. The zero-order chi connectivity index (χ0) is 24.1. The van der Waals surface area contributed by atoms with Gasteiger partial charge in [-0.2, -0.15) is 9.50 Å². The fourth-order valence-electron chi connectivity index (χ4n) is 4.06. The van der Waals surface area contributed by atoms with E-state index < -0.39 is 0 Å². The van der Waals surface area contributed by atoms with Gasteiger partial charge < -0.3 is 9.88 Å². The van der Waals surface area contributed by atoms with Crippen molar-refractivity contribution < 1.29 is 4.79 Å². The fourth-order valence-corrected chi connectivity index (χ4v) is 4.06. The molecule has 0 aliphatic rings. The van der Waals surface area contributed by atoms with Gasteiger partial charge in [-0.05, 0) is 32.3 Å². The maximum Gasteiger partial charge on any atom is 0.279 e. The van der Waals surface area contributed by atoms with Crippen LogP contribution < -0.4 is 10.9 Å². The number of amides is 1. The van der Waals surface area contributed by atoms with Crippen LogP contribution in [0.5, 0.6) is 0 Å². The Kier molecular flexibility index (Phi) is 7.01. The Hall–Kier alpha value is -4.00. The van der Waals surface area contributed by atoms with E-state index in [1.807, 2.05) is 66.9 Å². The van der Waals surface area contributed by atoms with Crippen LogP contribution in [0, 0.1) is 6.92 Å². The summed E-state index contributed by atoms with van der Waals surface area (Å²) >= 11 is 0. The normalized spacial score (nSPS) is 11.9. The second-order valence-electron chi connectivity index (χ2n) is 8.45. The van der Waals surface area contributed by atoms with Gasteiger partial charge >= 0.3 is 0 Å². The molecular formula is C27H29N5O2. The van der Waals surface area contributed by atoms with Gasteiger partial charge in [-0.1, -0.05) is 66.7 Å². The Bertz CT molecular complexity index is 1360. The number of rotatable bonds is 9. The van der Waals surface area contributed by atoms with Gasteiger partial charge in [0.2, 0.25) is 11.7 Å². The Morgan fingerprint density at radius 3 is 2.47 bits per heavy atom. The number of allylic oxidation sites excluding steroid dienone is 1. The molecule has 34 heavy (non-hydrogen) atoms. The minimum atomic E-state index is -0.324. The van der Waals surface area contributed by atoms with Crippen LogP contribution in [0.15, 0.2) is 78.1 Å². The highest BCUT2D eigenvalue weighted by Gasteiger charge is 2.20. The van der Waals surface area contributed by atoms with Gasteiger partial charge in [-0.25, -0.2) is 0 Å². The Morgan fingerprint density at radius 1 is 1.12 bits per heavy atom. The number of aryl methyl sites for hydroxylation is 1. The van der Waals surface area contributed by atoms with Crippen molar-refractivity contribution in [3.05, 3.63) is 100 Å². The lowest BCUT2D eigenvalue weighted by molar-refractivity contribution is -0.121. The maximum atomic E-state index is 13.3. The number of carbonyl (C=O) groups is 1. The topological polar surface area (TPSA) is 81.3 Å². The Labute approximate surface area is 198 Å². The number of hydrogen-bond donors (Lipinski definition) is 1. The smallest absolute Gasteiger partial charge is 0.279 e. The summed E-state index contributed by atoms with van der Waals surface area (Å²) in [6.07, 6.45) is 3.41. The van der Waals surface area contributed by atoms with E-state index in [0.29, 0.717) is 29.4 Å². The summed E-state index contributed by atoms with van der Waals surface area (Å²) in [5, 5.41) is 7.50. The third-order valence-corrected chi connectivity index (χ3v) is 5.92. The highest BCUT2D eigenvalue weighted by atomic mass is 16.2. The van der Waals surface area contributed by atoms with Crippen LogP contribution in [-0.2, 0) is 24.2 Å². The van der Waals surface area contributed by atoms with Crippen LogP contribution >= 0.6 is 0 Å². The number of fused-ring (bicyclic) bond motifs is 1. The maximum absolute atomic E-state index is 13.3. The van der Waals surface area contributed by atoms with E-state index in [0.717, 1.165) is 18.4 Å². The van der Waals surface area contributed by atoms with Gasteiger partial charge in [0.25, 0.3) is 5.56 Å². The molecule has 0 saturated heterocycles. The van der Waals surface area contributed by atoms with E-state index in [9.17, 15) is 9.59 Å². The standard InChI is InChI=1S/C27H29N5O2/c1-4-17-31-20(3)23(18-24(33)28-19(2)15-16-21-11-7-5-8-12-21)26(34)32-27(31)29-25(30-32)22-13-9-6-10-14-22/h4-14,19H,1,15-18H2,2-3H3,(H,28,33)/t19-/m0/s1. The van der Waals surface area contributed by atoms with Crippen LogP contribution in [0.2, 0.25) is 0 Å². The molecular weight excluding hydrogens is 426 g/mol. The average Bonchev–Trinajstić information content (AvgIpc) is 3.30. The van der Waals surface area contributed by atoms with E-state index in [1.165, 1.54) is 10.1 Å². The van der Waals surface area contributed by atoms with Crippen LogP contribution in [-0.4, -0.2) is 31.1 Å². The molecule has 0 saturated carbocycles. The lowest BCUT2D eigenvalue weighted by atomic mass is 10.1. The molecule has 0 aliphatic heterocycles. The summed E-state index contributed by atoms with van der Waals surface area (Å²) in [4.78, 5) is 30.8. The van der Waals surface area contributed by atoms with Crippen LogP contribution in [0.25, 0.3) is 17.2 Å². The van der Waals surface area contributed by atoms with E-state index in [-0.39, 0.29) is 23.9 Å². The summed E-state index contributed by atoms with van der Waals surface area (Å²) in [5.74, 6) is 0.710. The van der Waals surface area contributed by atoms with Crippen molar-refractivity contribution >= 4 is 11.7 Å². The molecule has 174 valence electrons. The molecule has 2 aromatic carbocycles. The zero-order valence-corrected chi connectivity index (χ0v) is 19.6. The van der Waals surface area contributed by atoms with Crippen LogP contribution in [0.3, 0.4) is 0 Å². The monoisotopic (exact) mass is 455 g/mol. The highest BCUT2D eigenvalue weighted by Crippen LogP contribution is 2.17. The van der Waals surface area contributed by atoms with Crippen LogP contribution in [0.4, 0.5) is 0 Å². The minimum Gasteiger partial charge on any atom is -0.353 e. The number of benzene rings is 2. The highest BCUT2D eigenvalue weighted by molar-refractivity contribution is 5.79. The summed E-state index contributed by atoms with van der Waals surface area (Å²) in [6, 6.07) is 19.7. The number of carbonyl (C=O) groups excluding carboxylic acids is 1. The van der Waals surface area contributed by atoms with Gasteiger partial charge in [-0.15, -0.1) is 11.7 Å². The van der Waals surface area contributed by atoms with Gasteiger partial charge in [-0.3, -0.25) is 9.59 Å². The number of hydrogen-bond acceptors (Lipinski definition) is 4. The third kappa shape index (κ3) is 4.98. The van der Waals surface area contributed by atoms with Gasteiger partial charge in [0.15, 0.2) is 5.82 Å². The molecule has 0 spiro atoms. The van der Waals surface area contributed by atoms with Crippen molar-refractivity contribution in [2.45, 2.75) is 45.7 Å². The van der Waals surface area contributed by atoms with Crippen molar-refractivity contribution in [1.82, 2.24) is 24.5 Å². The van der Waals surface area contributed by atoms with Crippen molar-refractivity contribution in [2.75, 3.05) is 0 Å². The molecule has 4 aromatic rings. The zero-order valence-electron chi connectivity index (χ0n) is 19.6. The first-order valence-electron chi connectivity index (χ1n) is 11.5. The lowest BCUT2D eigenvalue weighted by Gasteiger charge is -2.16. The second kappa shape index (κ2) is 10.3. The van der Waals surface area contributed by atoms with Gasteiger partial charge in [0.1, 0.15) is 0 Å². The molecule has 4 rings (SSSR count). The van der Waals surface area contributed by atoms with Gasteiger partial charge in [0, 0.05) is 29.4 Å². The van der Waals surface area contributed by atoms with E-state index in [4.69, 9.17) is 0 Å². The first kappa shape index (κ1) is 23.2. The predicted molar refractivity (Wildman–Crippen MR) is 134 cm³/mol. The summed E-state index contributed by atoms with van der Waals surface area (Å²) in [6.45, 7) is 8.10. The molecule has 0 unspecified atom stereocenters. The first-order chi connectivity index (χ1) is 16.5. The lowest BCUT2D eigenvalue weighted by Crippen LogP contribution is -2.36. The van der Waals surface area contributed by atoms with E-state index in [1.54, 1.807) is 6.08 Å². The molecule has 0 fully saturated rings. The fraction of sp³-hybridized carbons (Fsp3) is 0.259. The van der Waals surface area contributed by atoms with Crippen molar-refractivity contribution in [2.24, 2.45) is 0 Å². The quantitative estimate of drug-likeness (QED) is 0.390. The number of aromatic nitrogens is 4. The molecule has 1 N–H and O–H groups in total. The molecule has 2 heterocycles. The van der Waals surface area contributed by atoms with Crippen LogP contribution in [0.1, 0.15) is 30.2 Å². The van der Waals surface area contributed by atoms with E-state index >= 15 is 0 Å². The molecule has 2 aromatic heterocycles. The Morgan fingerprint density at radius 2 is 1.79 bits per heavy atom. The summed E-state index contributed by atoms with van der Waals surface area (Å²) < 4.78 is 3.16. The molecule has 7 heteroatoms. The first-order valence-corrected chi connectivity index (χ1v) is 11.5. The predicted octanol–water partition coefficient (Wildman–Crippen LogP) is 3.73. The Balaban J connectivity index is 1.58. The number of nitrogens with zero attached hydrogens (tertiary/aromatic N) is 4. The van der Waals surface area contributed by atoms with Crippen molar-refractivity contribution in [3.63, 3.8) is 0 Å². The van der Waals surface area contributed by atoms with E-state index in [2.05, 4.69) is 34.1 Å². The largest absolute Gasteiger partial charge is 0.353 e. The van der Waals surface area contributed by atoms with Crippen molar-refractivity contribution in [1.29, 1.82) is 0 Å². The molecule has 0 aliphatic carbocycles. The molecule has 7 nitrogen and oxygen atoms in total. The SMILES string of the molecule is C=CCn1c(C)c(CC(=O)N[C@@H](C)CCc2ccccc2)c(=O)n2nc(-c3ccccc3)nc12. The molecule has 0 radical (unpaired) electrons.